The van der Waals surface area contributed by atoms with Gasteiger partial charge in [-0.15, -0.1) is 24.8 Å². The molecule has 0 aromatic heterocycles. The fourth-order valence-electron chi connectivity index (χ4n) is 2.75. The number of nitrogens with two attached hydrogens (primary N) is 1. The second-order valence-corrected chi connectivity index (χ2v) is 7.10. The molecule has 0 saturated carbocycles. The molecule has 0 radical (unpaired) electrons. The molecule has 1 atom stereocenters. The van der Waals surface area contributed by atoms with Crippen LogP contribution in [0.15, 0.2) is 0 Å². The van der Waals surface area contributed by atoms with Gasteiger partial charge in [0.1, 0.15) is 0 Å². The Morgan fingerprint density at radius 3 is 2.00 bits per heavy atom. The number of piperidine rings is 1. The number of carbonyl (C=O) groups is 1. The van der Waals surface area contributed by atoms with E-state index in [1.54, 1.807) is 0 Å². The van der Waals surface area contributed by atoms with Crippen LogP contribution in [0.5, 0.6) is 0 Å². The minimum Gasteiger partial charge on any atom is -0.341 e. The quantitative estimate of drug-likeness (QED) is 0.824. The molecule has 1 fully saturated rings. The van der Waals surface area contributed by atoms with Crippen LogP contribution in [0.3, 0.4) is 0 Å². The van der Waals surface area contributed by atoms with E-state index in [4.69, 9.17) is 5.73 Å². The minimum atomic E-state index is -0.387. The molecule has 0 spiro atoms. The highest BCUT2D eigenvalue weighted by Gasteiger charge is 2.33. The summed E-state index contributed by atoms with van der Waals surface area (Å²) in [6, 6.07) is -0.387. The molecule has 0 bridgehead atoms. The molecular formula is C16H35Cl2N3O. The number of hydrogen-bond donors (Lipinski definition) is 1. The number of amides is 1. The van der Waals surface area contributed by atoms with Crippen molar-refractivity contribution < 1.29 is 4.79 Å². The maximum atomic E-state index is 12.4. The molecule has 0 aliphatic carbocycles. The van der Waals surface area contributed by atoms with Gasteiger partial charge in [0.15, 0.2) is 0 Å². The van der Waals surface area contributed by atoms with E-state index in [2.05, 4.69) is 18.7 Å². The second-order valence-electron chi connectivity index (χ2n) is 7.10. The Labute approximate surface area is 149 Å². The third-order valence-corrected chi connectivity index (χ3v) is 4.54. The number of carbonyl (C=O) groups excluding carboxylic acids is 1. The highest BCUT2D eigenvalue weighted by Crippen LogP contribution is 2.23. The number of likely N-dealkylation sites (tertiary alicyclic amines) is 1. The van der Waals surface area contributed by atoms with Crippen LogP contribution < -0.4 is 5.73 Å². The third-order valence-electron chi connectivity index (χ3n) is 4.54. The summed E-state index contributed by atoms with van der Waals surface area (Å²) in [5.41, 5.74) is 5.93. The van der Waals surface area contributed by atoms with E-state index in [1.807, 2.05) is 25.7 Å². The monoisotopic (exact) mass is 355 g/mol. The summed E-state index contributed by atoms with van der Waals surface area (Å²) in [6.07, 6.45) is 2.22. The van der Waals surface area contributed by atoms with Crippen LogP contribution in [-0.2, 0) is 4.79 Å². The molecule has 2 N–H and O–H groups in total. The first-order valence-electron chi connectivity index (χ1n) is 8.06. The molecule has 22 heavy (non-hydrogen) atoms. The lowest BCUT2D eigenvalue weighted by Gasteiger charge is -2.37. The van der Waals surface area contributed by atoms with E-state index in [1.165, 1.54) is 6.54 Å². The average molecular weight is 356 g/mol. The highest BCUT2D eigenvalue weighted by atomic mass is 35.5. The van der Waals surface area contributed by atoms with Crippen molar-refractivity contribution in [2.75, 3.05) is 32.7 Å². The molecule has 4 nitrogen and oxygen atoms in total. The summed E-state index contributed by atoms with van der Waals surface area (Å²) in [7, 11) is 0. The molecule has 1 aliphatic heterocycles. The predicted molar refractivity (Wildman–Crippen MR) is 99.0 cm³/mol. The van der Waals surface area contributed by atoms with Crippen molar-refractivity contribution >= 4 is 30.7 Å². The van der Waals surface area contributed by atoms with Crippen molar-refractivity contribution in [3.63, 3.8) is 0 Å². The van der Waals surface area contributed by atoms with E-state index in [0.717, 1.165) is 44.9 Å². The Morgan fingerprint density at radius 1 is 1.18 bits per heavy atom. The number of nitrogens with zero attached hydrogens (tertiary/aromatic N) is 2. The fourth-order valence-corrected chi connectivity index (χ4v) is 2.75. The summed E-state index contributed by atoms with van der Waals surface area (Å²) >= 11 is 0. The van der Waals surface area contributed by atoms with Gasteiger partial charge in [-0.25, -0.2) is 0 Å². The standard InChI is InChI=1S/C16H33N3O.2ClH/c1-6-18(7-2)12-13-8-10-19(11-9-13)15(20)14(17)16(3,4)5;;/h13-14H,6-12,17H2,1-5H3;2*1H/t14-;;/m1../s1. The second kappa shape index (κ2) is 10.7. The predicted octanol–water partition coefficient (Wildman–Crippen LogP) is 2.78. The molecule has 1 heterocycles. The summed E-state index contributed by atoms with van der Waals surface area (Å²) in [6.45, 7) is 15.7. The molecule has 1 saturated heterocycles. The summed E-state index contributed by atoms with van der Waals surface area (Å²) in [5, 5.41) is 0. The molecule has 0 aromatic carbocycles. The fraction of sp³-hybridized carbons (Fsp3) is 0.938. The Morgan fingerprint density at radius 2 is 1.64 bits per heavy atom. The molecule has 1 rings (SSSR count). The molecule has 0 unspecified atom stereocenters. The van der Waals surface area contributed by atoms with Crippen molar-refractivity contribution in [2.45, 2.75) is 53.5 Å². The van der Waals surface area contributed by atoms with Gasteiger partial charge in [-0.1, -0.05) is 34.6 Å². The lowest BCUT2D eigenvalue weighted by atomic mass is 9.86. The van der Waals surface area contributed by atoms with Gasteiger partial charge in [0, 0.05) is 19.6 Å². The first-order chi connectivity index (χ1) is 9.29. The van der Waals surface area contributed by atoms with Crippen molar-refractivity contribution in [1.82, 2.24) is 9.80 Å². The Balaban J connectivity index is 0. The zero-order chi connectivity index (χ0) is 15.3. The zero-order valence-electron chi connectivity index (χ0n) is 14.8. The smallest absolute Gasteiger partial charge is 0.240 e. The van der Waals surface area contributed by atoms with E-state index in [-0.39, 0.29) is 42.2 Å². The topological polar surface area (TPSA) is 49.6 Å². The van der Waals surface area contributed by atoms with Gasteiger partial charge < -0.3 is 15.5 Å². The van der Waals surface area contributed by atoms with E-state index < -0.39 is 0 Å². The highest BCUT2D eigenvalue weighted by molar-refractivity contribution is 5.85. The SMILES string of the molecule is CCN(CC)CC1CCN(C(=O)[C@@H](N)C(C)(C)C)CC1.Cl.Cl. The van der Waals surface area contributed by atoms with Crippen molar-refractivity contribution in [3.05, 3.63) is 0 Å². The van der Waals surface area contributed by atoms with Gasteiger partial charge in [0.2, 0.25) is 5.91 Å². The zero-order valence-corrected chi connectivity index (χ0v) is 16.4. The molecule has 1 amide bonds. The van der Waals surface area contributed by atoms with Gasteiger partial charge in [0.05, 0.1) is 6.04 Å². The van der Waals surface area contributed by atoms with Crippen molar-refractivity contribution in [2.24, 2.45) is 17.1 Å². The molecule has 0 aromatic rings. The molecule has 6 heteroatoms. The van der Waals surface area contributed by atoms with Crippen LogP contribution in [0.1, 0.15) is 47.5 Å². The molecular weight excluding hydrogens is 321 g/mol. The average Bonchev–Trinajstić information content (AvgIpc) is 2.42. The van der Waals surface area contributed by atoms with Crippen LogP contribution in [0.2, 0.25) is 0 Å². The Bertz CT molecular complexity index is 309. The summed E-state index contributed by atoms with van der Waals surface area (Å²) < 4.78 is 0. The lowest BCUT2D eigenvalue weighted by Crippen LogP contribution is -2.52. The van der Waals surface area contributed by atoms with E-state index in [0.29, 0.717) is 0 Å². The van der Waals surface area contributed by atoms with Crippen LogP contribution in [0.4, 0.5) is 0 Å². The first kappa shape index (κ1) is 24.2. The number of rotatable bonds is 5. The molecule has 134 valence electrons. The maximum Gasteiger partial charge on any atom is 0.240 e. The van der Waals surface area contributed by atoms with Gasteiger partial charge in [-0.05, 0) is 37.3 Å². The van der Waals surface area contributed by atoms with Crippen LogP contribution in [-0.4, -0.2) is 54.5 Å². The maximum absolute atomic E-state index is 12.4. The van der Waals surface area contributed by atoms with Crippen molar-refractivity contribution in [3.8, 4) is 0 Å². The van der Waals surface area contributed by atoms with Gasteiger partial charge in [-0.3, -0.25) is 4.79 Å². The van der Waals surface area contributed by atoms with Gasteiger partial charge in [-0.2, -0.15) is 0 Å². The van der Waals surface area contributed by atoms with Crippen LogP contribution >= 0.6 is 24.8 Å². The number of halogens is 2. The summed E-state index contributed by atoms with van der Waals surface area (Å²) in [5.74, 6) is 0.851. The first-order valence-corrected chi connectivity index (χ1v) is 8.06. The number of hydrogen-bond acceptors (Lipinski definition) is 3. The van der Waals surface area contributed by atoms with Gasteiger partial charge >= 0.3 is 0 Å². The Hall–Kier alpha value is -0.0300. The molecule has 1 aliphatic rings. The minimum absolute atomic E-state index is 0. The summed E-state index contributed by atoms with van der Waals surface area (Å²) in [4.78, 5) is 16.8. The van der Waals surface area contributed by atoms with Crippen LogP contribution in [0.25, 0.3) is 0 Å². The largest absolute Gasteiger partial charge is 0.341 e. The Kier molecular flexibility index (Phi) is 11.8. The van der Waals surface area contributed by atoms with Gasteiger partial charge in [0.25, 0.3) is 0 Å². The van der Waals surface area contributed by atoms with E-state index in [9.17, 15) is 4.79 Å². The van der Waals surface area contributed by atoms with Crippen LogP contribution in [0, 0.1) is 11.3 Å². The third kappa shape index (κ3) is 7.03. The normalized spacial score (nSPS) is 17.7. The lowest BCUT2D eigenvalue weighted by molar-refractivity contribution is -0.136. The van der Waals surface area contributed by atoms with Crippen molar-refractivity contribution in [1.29, 1.82) is 0 Å². The van der Waals surface area contributed by atoms with E-state index >= 15 is 0 Å².